The molecular formula is C16H14INO3. The molecule has 0 aliphatic carbocycles. The van der Waals surface area contributed by atoms with Crippen LogP contribution in [0.5, 0.6) is 5.75 Å². The van der Waals surface area contributed by atoms with Gasteiger partial charge in [0.15, 0.2) is 0 Å². The van der Waals surface area contributed by atoms with Crippen LogP contribution in [0.25, 0.3) is 0 Å². The van der Waals surface area contributed by atoms with Crippen LogP contribution in [0.3, 0.4) is 0 Å². The van der Waals surface area contributed by atoms with Gasteiger partial charge in [0.05, 0.1) is 21.4 Å². The molecule has 2 rings (SSSR count). The Balaban J connectivity index is 2.10. The Labute approximate surface area is 136 Å². The third kappa shape index (κ3) is 4.29. The molecule has 0 atom stereocenters. The van der Waals surface area contributed by atoms with Gasteiger partial charge in [0.1, 0.15) is 5.75 Å². The number of aliphatic imine (C=N–C) groups is 1. The fourth-order valence-corrected chi connectivity index (χ4v) is 2.19. The van der Waals surface area contributed by atoms with Gasteiger partial charge in [-0.05, 0) is 77.5 Å². The van der Waals surface area contributed by atoms with Crippen molar-refractivity contribution in [1.29, 1.82) is 0 Å². The molecule has 0 saturated carbocycles. The molecule has 5 heteroatoms. The molecule has 0 radical (unpaired) electrons. The SMILES string of the molecule is CCOC(=O)c1ccc(N=Cc2ccc(O)c(I)c2)cc1. The first-order valence-corrected chi connectivity index (χ1v) is 7.48. The third-order valence-corrected chi connectivity index (χ3v) is 3.58. The summed E-state index contributed by atoms with van der Waals surface area (Å²) in [6.07, 6.45) is 1.71. The third-order valence-electron chi connectivity index (χ3n) is 2.71. The molecule has 0 spiro atoms. The molecule has 0 amide bonds. The van der Waals surface area contributed by atoms with Crippen LogP contribution in [0.15, 0.2) is 47.5 Å². The molecule has 108 valence electrons. The van der Waals surface area contributed by atoms with Crippen LogP contribution >= 0.6 is 22.6 Å². The Morgan fingerprint density at radius 1 is 1.29 bits per heavy atom. The van der Waals surface area contributed by atoms with E-state index in [0.29, 0.717) is 12.2 Å². The fraction of sp³-hybridized carbons (Fsp3) is 0.125. The largest absolute Gasteiger partial charge is 0.507 e. The highest BCUT2D eigenvalue weighted by atomic mass is 127. The van der Waals surface area contributed by atoms with Crippen LogP contribution in [0, 0.1) is 3.57 Å². The van der Waals surface area contributed by atoms with Crippen molar-refractivity contribution >= 4 is 40.5 Å². The van der Waals surface area contributed by atoms with Gasteiger partial charge in [0, 0.05) is 6.21 Å². The number of hydrogen-bond donors (Lipinski definition) is 1. The van der Waals surface area contributed by atoms with E-state index in [-0.39, 0.29) is 11.7 Å². The quantitative estimate of drug-likeness (QED) is 0.485. The van der Waals surface area contributed by atoms with Crippen LogP contribution in [0.4, 0.5) is 5.69 Å². The Morgan fingerprint density at radius 3 is 2.62 bits per heavy atom. The van der Waals surface area contributed by atoms with E-state index >= 15 is 0 Å². The summed E-state index contributed by atoms with van der Waals surface area (Å²) in [6.45, 7) is 2.13. The van der Waals surface area contributed by atoms with Crippen LogP contribution in [-0.4, -0.2) is 23.9 Å². The minimum atomic E-state index is -0.332. The minimum Gasteiger partial charge on any atom is -0.507 e. The highest BCUT2D eigenvalue weighted by molar-refractivity contribution is 14.1. The molecule has 0 saturated heterocycles. The summed E-state index contributed by atoms with van der Waals surface area (Å²) < 4.78 is 5.69. The number of esters is 1. The van der Waals surface area contributed by atoms with Crippen molar-refractivity contribution in [3.63, 3.8) is 0 Å². The summed E-state index contributed by atoms with van der Waals surface area (Å²) in [7, 11) is 0. The molecule has 1 N–H and O–H groups in total. The number of phenolic OH excluding ortho intramolecular Hbond substituents is 1. The van der Waals surface area contributed by atoms with Gasteiger partial charge in [0.25, 0.3) is 0 Å². The first-order valence-electron chi connectivity index (χ1n) is 6.40. The predicted molar refractivity (Wildman–Crippen MR) is 90.5 cm³/mol. The molecule has 21 heavy (non-hydrogen) atoms. The number of hydrogen-bond acceptors (Lipinski definition) is 4. The molecule has 0 aromatic heterocycles. The first kappa shape index (κ1) is 15.5. The minimum absolute atomic E-state index is 0.256. The standard InChI is InChI=1S/C16H14INO3/c1-2-21-16(20)12-4-6-13(7-5-12)18-10-11-3-8-15(19)14(17)9-11/h3-10,19H,2H2,1H3. The zero-order valence-electron chi connectivity index (χ0n) is 11.4. The zero-order valence-corrected chi connectivity index (χ0v) is 13.6. The van der Waals surface area contributed by atoms with E-state index in [4.69, 9.17) is 4.74 Å². The smallest absolute Gasteiger partial charge is 0.338 e. The van der Waals surface area contributed by atoms with Gasteiger partial charge in [0.2, 0.25) is 0 Å². The summed E-state index contributed by atoms with van der Waals surface area (Å²) in [4.78, 5) is 15.9. The number of carbonyl (C=O) groups is 1. The predicted octanol–water partition coefficient (Wildman–Crippen LogP) is 3.92. The second-order valence-electron chi connectivity index (χ2n) is 4.24. The van der Waals surface area contributed by atoms with Crippen LogP contribution in [-0.2, 0) is 4.74 Å². The van der Waals surface area contributed by atoms with Crippen molar-refractivity contribution in [1.82, 2.24) is 0 Å². The summed E-state index contributed by atoms with van der Waals surface area (Å²) in [5.41, 5.74) is 2.15. The Morgan fingerprint density at radius 2 is 2.00 bits per heavy atom. The Kier molecular flexibility index (Phi) is 5.32. The van der Waals surface area contributed by atoms with Crippen molar-refractivity contribution < 1.29 is 14.6 Å². The van der Waals surface area contributed by atoms with Gasteiger partial charge in [-0.2, -0.15) is 0 Å². The molecule has 0 heterocycles. The van der Waals surface area contributed by atoms with Crippen molar-refractivity contribution in [3.8, 4) is 5.75 Å². The number of nitrogens with zero attached hydrogens (tertiary/aromatic N) is 1. The normalized spacial score (nSPS) is 10.8. The van der Waals surface area contributed by atoms with Crippen LogP contribution in [0.1, 0.15) is 22.8 Å². The number of phenols is 1. The van der Waals surface area contributed by atoms with Gasteiger partial charge in [-0.25, -0.2) is 4.79 Å². The van der Waals surface area contributed by atoms with E-state index in [9.17, 15) is 9.90 Å². The van der Waals surface area contributed by atoms with E-state index in [2.05, 4.69) is 27.6 Å². The van der Waals surface area contributed by atoms with E-state index in [1.54, 1.807) is 49.5 Å². The van der Waals surface area contributed by atoms with Crippen LogP contribution < -0.4 is 0 Å². The molecule has 0 aliphatic rings. The summed E-state index contributed by atoms with van der Waals surface area (Å²) in [6, 6.07) is 12.1. The van der Waals surface area contributed by atoms with Crippen molar-refractivity contribution in [2.24, 2.45) is 4.99 Å². The number of benzene rings is 2. The lowest BCUT2D eigenvalue weighted by atomic mass is 10.2. The first-order chi connectivity index (χ1) is 10.1. The van der Waals surface area contributed by atoms with E-state index in [1.165, 1.54) is 0 Å². The molecule has 0 aliphatic heterocycles. The average molecular weight is 395 g/mol. The lowest BCUT2D eigenvalue weighted by molar-refractivity contribution is 0.0526. The average Bonchev–Trinajstić information content (AvgIpc) is 2.49. The van der Waals surface area contributed by atoms with Crippen LogP contribution in [0.2, 0.25) is 0 Å². The molecule has 2 aromatic rings. The Bertz CT molecular complexity index is 666. The number of aromatic hydroxyl groups is 1. The van der Waals surface area contributed by atoms with Crippen molar-refractivity contribution in [2.45, 2.75) is 6.92 Å². The van der Waals surface area contributed by atoms with Gasteiger partial charge >= 0.3 is 5.97 Å². The second kappa shape index (κ2) is 7.21. The fourth-order valence-electron chi connectivity index (χ4n) is 1.65. The van der Waals surface area contributed by atoms with E-state index in [0.717, 1.165) is 14.8 Å². The highest BCUT2D eigenvalue weighted by Crippen LogP contribution is 2.20. The molecule has 0 bridgehead atoms. The highest BCUT2D eigenvalue weighted by Gasteiger charge is 2.05. The van der Waals surface area contributed by atoms with Gasteiger partial charge in [-0.3, -0.25) is 4.99 Å². The number of ether oxygens (including phenoxy) is 1. The number of halogens is 1. The summed E-state index contributed by atoms with van der Waals surface area (Å²) in [5, 5.41) is 9.46. The number of carbonyl (C=O) groups excluding carboxylic acids is 1. The maximum atomic E-state index is 11.5. The molecular weight excluding hydrogens is 381 g/mol. The molecule has 4 nitrogen and oxygen atoms in total. The molecule has 0 fully saturated rings. The summed E-state index contributed by atoms with van der Waals surface area (Å²) >= 11 is 2.06. The molecule has 2 aromatic carbocycles. The van der Waals surface area contributed by atoms with Gasteiger partial charge in [-0.1, -0.05) is 0 Å². The maximum Gasteiger partial charge on any atom is 0.338 e. The monoisotopic (exact) mass is 395 g/mol. The van der Waals surface area contributed by atoms with Gasteiger partial charge in [-0.15, -0.1) is 0 Å². The van der Waals surface area contributed by atoms with Gasteiger partial charge < -0.3 is 9.84 Å². The van der Waals surface area contributed by atoms with Crippen molar-refractivity contribution in [3.05, 3.63) is 57.2 Å². The topological polar surface area (TPSA) is 58.9 Å². The summed E-state index contributed by atoms with van der Waals surface area (Å²) in [5.74, 6) is -0.0762. The lowest BCUT2D eigenvalue weighted by Crippen LogP contribution is -2.03. The Hall–Kier alpha value is -1.89. The number of rotatable bonds is 4. The zero-order chi connectivity index (χ0) is 15.2. The second-order valence-corrected chi connectivity index (χ2v) is 5.40. The van der Waals surface area contributed by atoms with E-state index < -0.39 is 0 Å². The molecule has 0 unspecified atom stereocenters. The maximum absolute atomic E-state index is 11.5. The van der Waals surface area contributed by atoms with Crippen molar-refractivity contribution in [2.75, 3.05) is 6.61 Å². The lowest BCUT2D eigenvalue weighted by Gasteiger charge is -2.01. The van der Waals surface area contributed by atoms with E-state index in [1.807, 2.05) is 6.07 Å².